The van der Waals surface area contributed by atoms with E-state index >= 15 is 0 Å². The molecule has 2 heterocycles. The van der Waals surface area contributed by atoms with E-state index in [0.717, 1.165) is 48.6 Å². The van der Waals surface area contributed by atoms with Crippen molar-refractivity contribution < 1.29 is 4.74 Å². The minimum absolute atomic E-state index is 0.685. The summed E-state index contributed by atoms with van der Waals surface area (Å²) in [7, 11) is 1.63. The highest BCUT2D eigenvalue weighted by Crippen LogP contribution is 2.30. The van der Waals surface area contributed by atoms with Gasteiger partial charge in [0.1, 0.15) is 5.75 Å². The predicted molar refractivity (Wildman–Crippen MR) is 84.5 cm³/mol. The van der Waals surface area contributed by atoms with Crippen LogP contribution in [-0.2, 0) is 19.5 Å². The molecule has 0 aliphatic carbocycles. The topological polar surface area (TPSA) is 51.4 Å². The zero-order valence-corrected chi connectivity index (χ0v) is 12.7. The molecule has 21 heavy (non-hydrogen) atoms. The molecule has 110 valence electrons. The van der Waals surface area contributed by atoms with Crippen LogP contribution in [0.1, 0.15) is 16.8 Å². The first-order valence-electron chi connectivity index (χ1n) is 6.95. The summed E-state index contributed by atoms with van der Waals surface area (Å²) in [5, 5.41) is 0.685. The minimum atomic E-state index is 0.685. The van der Waals surface area contributed by atoms with Gasteiger partial charge in [-0.1, -0.05) is 23.7 Å². The van der Waals surface area contributed by atoms with E-state index in [1.54, 1.807) is 13.3 Å². The summed E-state index contributed by atoms with van der Waals surface area (Å²) < 4.78 is 5.27. The van der Waals surface area contributed by atoms with E-state index in [4.69, 9.17) is 22.1 Å². The second kappa shape index (κ2) is 5.92. The monoisotopic (exact) mass is 303 g/mol. The van der Waals surface area contributed by atoms with Gasteiger partial charge in [0.2, 0.25) is 0 Å². The number of aromatic nitrogens is 1. The van der Waals surface area contributed by atoms with Gasteiger partial charge in [-0.2, -0.15) is 0 Å². The molecule has 4 nitrogen and oxygen atoms in total. The number of pyridine rings is 1. The Morgan fingerprint density at radius 1 is 1.38 bits per heavy atom. The molecule has 2 N–H and O–H groups in total. The Hall–Kier alpha value is -1.78. The van der Waals surface area contributed by atoms with Crippen LogP contribution in [0.15, 0.2) is 30.5 Å². The van der Waals surface area contributed by atoms with Gasteiger partial charge in [-0.05, 0) is 17.7 Å². The second-order valence-corrected chi connectivity index (χ2v) is 5.60. The summed E-state index contributed by atoms with van der Waals surface area (Å²) in [6.07, 6.45) is 2.70. The molecular weight excluding hydrogens is 286 g/mol. The number of methoxy groups -OCH3 is 1. The number of hydrogen-bond donors (Lipinski definition) is 1. The van der Waals surface area contributed by atoms with Crippen molar-refractivity contribution in [2.24, 2.45) is 0 Å². The first-order chi connectivity index (χ1) is 10.2. The van der Waals surface area contributed by atoms with Gasteiger partial charge < -0.3 is 10.5 Å². The summed E-state index contributed by atoms with van der Waals surface area (Å²) in [5.74, 6) is 0.716. The molecule has 2 aromatic rings. The predicted octanol–water partition coefficient (Wildman–Crippen LogP) is 2.88. The lowest BCUT2D eigenvalue weighted by Gasteiger charge is -2.29. The maximum Gasteiger partial charge on any atom is 0.137 e. The first-order valence-corrected chi connectivity index (χ1v) is 7.33. The quantitative estimate of drug-likeness (QED) is 0.947. The molecule has 0 atom stereocenters. The van der Waals surface area contributed by atoms with Gasteiger partial charge in [-0.25, -0.2) is 0 Å². The van der Waals surface area contributed by atoms with E-state index in [1.807, 2.05) is 24.3 Å². The zero-order valence-electron chi connectivity index (χ0n) is 12.0. The number of nitrogens with two attached hydrogens (primary N) is 1. The number of ether oxygens (including phenoxy) is 1. The van der Waals surface area contributed by atoms with Crippen LogP contribution in [0, 0.1) is 0 Å². The third-order valence-electron chi connectivity index (χ3n) is 3.88. The molecule has 3 rings (SSSR count). The van der Waals surface area contributed by atoms with Crippen molar-refractivity contribution in [3.8, 4) is 5.75 Å². The van der Waals surface area contributed by atoms with Crippen LogP contribution in [0.2, 0.25) is 5.02 Å². The lowest BCUT2D eigenvalue weighted by Crippen LogP contribution is -2.31. The third kappa shape index (κ3) is 2.82. The average molecular weight is 304 g/mol. The summed E-state index contributed by atoms with van der Waals surface area (Å²) in [5.41, 5.74) is 10.2. The van der Waals surface area contributed by atoms with Crippen LogP contribution in [0.3, 0.4) is 0 Å². The number of rotatable bonds is 3. The molecule has 1 aliphatic heterocycles. The van der Waals surface area contributed by atoms with Gasteiger partial charge in [0.05, 0.1) is 12.1 Å². The number of halogens is 1. The van der Waals surface area contributed by atoms with E-state index in [0.29, 0.717) is 10.8 Å². The molecule has 1 aromatic heterocycles. The van der Waals surface area contributed by atoms with Crippen molar-refractivity contribution in [1.82, 2.24) is 9.88 Å². The van der Waals surface area contributed by atoms with E-state index in [9.17, 15) is 0 Å². The number of hydrogen-bond acceptors (Lipinski definition) is 4. The van der Waals surface area contributed by atoms with E-state index in [-0.39, 0.29) is 0 Å². The Morgan fingerprint density at radius 2 is 2.24 bits per heavy atom. The van der Waals surface area contributed by atoms with E-state index < -0.39 is 0 Å². The number of fused-ring (bicyclic) bond motifs is 1. The lowest BCUT2D eigenvalue weighted by molar-refractivity contribution is 0.244. The molecule has 0 unspecified atom stereocenters. The van der Waals surface area contributed by atoms with Gasteiger partial charge >= 0.3 is 0 Å². The Kier molecular flexibility index (Phi) is 3.99. The molecule has 0 radical (unpaired) electrons. The van der Waals surface area contributed by atoms with Crippen molar-refractivity contribution in [3.63, 3.8) is 0 Å². The fourth-order valence-electron chi connectivity index (χ4n) is 2.73. The van der Waals surface area contributed by atoms with Crippen molar-refractivity contribution in [3.05, 3.63) is 52.3 Å². The van der Waals surface area contributed by atoms with Gasteiger partial charge in [-0.3, -0.25) is 9.88 Å². The van der Waals surface area contributed by atoms with Crippen LogP contribution in [0.4, 0.5) is 5.69 Å². The molecule has 0 spiro atoms. The minimum Gasteiger partial charge on any atom is -0.495 e. The van der Waals surface area contributed by atoms with Gasteiger partial charge in [0.25, 0.3) is 0 Å². The highest BCUT2D eigenvalue weighted by Gasteiger charge is 2.20. The maximum absolute atomic E-state index is 6.37. The molecule has 0 bridgehead atoms. The fourth-order valence-corrected chi connectivity index (χ4v) is 2.99. The van der Waals surface area contributed by atoms with Crippen LogP contribution in [-0.4, -0.2) is 23.5 Å². The lowest BCUT2D eigenvalue weighted by atomic mass is 10.0. The normalized spacial score (nSPS) is 14.8. The van der Waals surface area contributed by atoms with Gasteiger partial charge in [0.15, 0.2) is 0 Å². The Balaban J connectivity index is 1.80. The summed E-state index contributed by atoms with van der Waals surface area (Å²) in [6.45, 7) is 2.54. The maximum atomic E-state index is 6.37. The molecule has 0 amide bonds. The Labute approximate surface area is 129 Å². The molecule has 1 aromatic carbocycles. The van der Waals surface area contributed by atoms with Crippen molar-refractivity contribution in [2.75, 3.05) is 19.4 Å². The average Bonchev–Trinajstić information content (AvgIpc) is 2.50. The highest BCUT2D eigenvalue weighted by molar-refractivity contribution is 6.32. The molecule has 0 fully saturated rings. The van der Waals surface area contributed by atoms with Crippen molar-refractivity contribution in [1.29, 1.82) is 0 Å². The van der Waals surface area contributed by atoms with Crippen molar-refractivity contribution in [2.45, 2.75) is 19.5 Å². The SMILES string of the molecule is COc1cccc(CN2CCc3nccc(N)c3C2)c1Cl. The third-order valence-corrected chi connectivity index (χ3v) is 4.31. The number of anilines is 1. The molecule has 1 aliphatic rings. The number of nitrogen functional groups attached to an aromatic ring is 1. The van der Waals surface area contributed by atoms with E-state index in [1.165, 1.54) is 0 Å². The Bertz CT molecular complexity index is 660. The molecule has 5 heteroatoms. The largest absolute Gasteiger partial charge is 0.495 e. The van der Waals surface area contributed by atoms with Crippen LogP contribution in [0.5, 0.6) is 5.75 Å². The zero-order chi connectivity index (χ0) is 14.8. The van der Waals surface area contributed by atoms with Crippen LogP contribution >= 0.6 is 11.6 Å². The van der Waals surface area contributed by atoms with Crippen molar-refractivity contribution >= 4 is 17.3 Å². The molecule has 0 saturated carbocycles. The molecular formula is C16H18ClN3O. The summed E-state index contributed by atoms with van der Waals surface area (Å²) >= 11 is 6.37. The second-order valence-electron chi connectivity index (χ2n) is 5.22. The fraction of sp³-hybridized carbons (Fsp3) is 0.312. The number of nitrogens with zero attached hydrogens (tertiary/aromatic N) is 2. The van der Waals surface area contributed by atoms with Crippen LogP contribution < -0.4 is 10.5 Å². The standard InChI is InChI=1S/C16H18ClN3O/c1-21-15-4-2-3-11(16(15)17)9-20-8-6-14-12(10-20)13(18)5-7-19-14/h2-5,7H,6,8-10H2,1H3,(H2,18,19). The number of benzene rings is 1. The summed E-state index contributed by atoms with van der Waals surface area (Å²) in [6, 6.07) is 7.74. The smallest absolute Gasteiger partial charge is 0.137 e. The first kappa shape index (κ1) is 14.2. The Morgan fingerprint density at radius 3 is 3.05 bits per heavy atom. The summed E-state index contributed by atoms with van der Waals surface area (Å²) in [4.78, 5) is 6.75. The van der Waals surface area contributed by atoms with Gasteiger partial charge in [-0.15, -0.1) is 0 Å². The highest BCUT2D eigenvalue weighted by atomic mass is 35.5. The van der Waals surface area contributed by atoms with Gasteiger partial charge in [0, 0.05) is 49.2 Å². The molecule has 0 saturated heterocycles. The van der Waals surface area contributed by atoms with Crippen LogP contribution in [0.25, 0.3) is 0 Å². The van der Waals surface area contributed by atoms with E-state index in [2.05, 4.69) is 9.88 Å².